The van der Waals surface area contributed by atoms with Gasteiger partial charge in [0.15, 0.2) is 6.61 Å². The summed E-state index contributed by atoms with van der Waals surface area (Å²) >= 11 is 1.25. The number of ether oxygens (including phenoxy) is 1. The summed E-state index contributed by atoms with van der Waals surface area (Å²) in [4.78, 5) is 24.3. The third-order valence-electron chi connectivity index (χ3n) is 4.17. The lowest BCUT2D eigenvalue weighted by Gasteiger charge is -2.18. The van der Waals surface area contributed by atoms with Gasteiger partial charge in [-0.1, -0.05) is 26.0 Å². The molecule has 11 heteroatoms. The summed E-state index contributed by atoms with van der Waals surface area (Å²) in [6, 6.07) is 6.34. The molecule has 158 valence electrons. The predicted molar refractivity (Wildman–Crippen MR) is 112 cm³/mol. The zero-order valence-electron chi connectivity index (χ0n) is 16.3. The first-order valence-corrected chi connectivity index (χ1v) is 11.3. The van der Waals surface area contributed by atoms with Gasteiger partial charge in [-0.3, -0.25) is 9.97 Å². The van der Waals surface area contributed by atoms with Crippen LogP contribution in [0.25, 0.3) is 21.1 Å². The molecule has 0 unspecified atom stereocenters. The fourth-order valence-electron chi connectivity index (χ4n) is 2.73. The van der Waals surface area contributed by atoms with Crippen molar-refractivity contribution >= 4 is 27.3 Å². The minimum absolute atomic E-state index is 0.141. The van der Waals surface area contributed by atoms with Crippen molar-refractivity contribution < 1.29 is 23.1 Å². The molecule has 0 aliphatic rings. The molecule has 2 aromatic heterocycles. The van der Waals surface area contributed by atoms with Crippen molar-refractivity contribution in [3.63, 3.8) is 0 Å². The minimum atomic E-state index is -3.58. The summed E-state index contributed by atoms with van der Waals surface area (Å²) in [7, 11) is -3.58. The molecule has 0 fully saturated rings. The molecular weight excluding hydrogens is 428 g/mol. The highest BCUT2D eigenvalue weighted by Crippen LogP contribution is 2.39. The Labute approximate surface area is 178 Å². The van der Waals surface area contributed by atoms with Crippen LogP contribution in [-0.4, -0.2) is 58.4 Å². The number of thiazole rings is 1. The van der Waals surface area contributed by atoms with Crippen molar-refractivity contribution in [2.24, 2.45) is 0 Å². The molecule has 0 bridgehead atoms. The maximum atomic E-state index is 12.7. The lowest BCUT2D eigenvalue weighted by molar-refractivity contribution is -0.139. The zero-order valence-corrected chi connectivity index (χ0v) is 18.0. The van der Waals surface area contributed by atoms with E-state index in [2.05, 4.69) is 15.0 Å². The second-order valence-electron chi connectivity index (χ2n) is 6.04. The maximum Gasteiger partial charge on any atom is 0.341 e. The average molecular weight is 449 g/mol. The van der Waals surface area contributed by atoms with E-state index in [0.29, 0.717) is 34.2 Å². The summed E-state index contributed by atoms with van der Waals surface area (Å²) in [5.41, 5.74) is 1.18. The Morgan fingerprint density at radius 3 is 2.43 bits per heavy atom. The summed E-state index contributed by atoms with van der Waals surface area (Å²) in [5.74, 6) is -0.988. The Kier molecular flexibility index (Phi) is 6.75. The lowest BCUT2D eigenvalue weighted by Crippen LogP contribution is -2.30. The molecule has 0 radical (unpaired) electrons. The Morgan fingerprint density at radius 1 is 1.17 bits per heavy atom. The summed E-state index contributed by atoms with van der Waals surface area (Å²) in [6.45, 7) is 3.78. The van der Waals surface area contributed by atoms with Crippen molar-refractivity contribution in [1.29, 1.82) is 0 Å². The molecule has 0 aliphatic heterocycles. The molecule has 1 aromatic carbocycles. The van der Waals surface area contributed by atoms with E-state index in [1.54, 1.807) is 32.2 Å². The largest absolute Gasteiger partial charge is 0.479 e. The van der Waals surface area contributed by atoms with Gasteiger partial charge in [0.2, 0.25) is 15.9 Å². The average Bonchev–Trinajstić information content (AvgIpc) is 3.18. The molecule has 3 aromatic rings. The first-order chi connectivity index (χ1) is 14.4. The molecule has 2 heterocycles. The Bertz CT molecular complexity index is 1110. The molecule has 0 spiro atoms. The van der Waals surface area contributed by atoms with Crippen LogP contribution in [0.5, 0.6) is 5.88 Å². The standard InChI is InChI=1S/C19H20N4O5S2/c1-3-23(4-2)30(26,27)14-7-5-13(6-8-14)17-18(28-12-16(24)25)22-19(29-17)15-11-20-9-10-21-15/h5-11H,3-4,12H2,1-2H3,(H,24,25). The topological polar surface area (TPSA) is 123 Å². The SMILES string of the molecule is CCN(CC)S(=O)(=O)c1ccc(-c2sc(-c3cnccn3)nc2OCC(=O)O)cc1. The number of hydrogen-bond acceptors (Lipinski definition) is 8. The molecule has 3 rings (SSSR count). The number of carbonyl (C=O) groups is 1. The van der Waals surface area contributed by atoms with Crippen molar-refractivity contribution in [2.75, 3.05) is 19.7 Å². The van der Waals surface area contributed by atoms with Gasteiger partial charge < -0.3 is 9.84 Å². The van der Waals surface area contributed by atoms with Gasteiger partial charge in [0, 0.05) is 25.5 Å². The number of carboxylic acids is 1. The zero-order chi connectivity index (χ0) is 21.7. The molecule has 0 atom stereocenters. The highest BCUT2D eigenvalue weighted by Gasteiger charge is 2.23. The van der Waals surface area contributed by atoms with Gasteiger partial charge in [-0.15, -0.1) is 11.3 Å². The number of carboxylic acid groups (broad SMARTS) is 1. The Hall–Kier alpha value is -2.89. The first kappa shape index (κ1) is 21.8. The van der Waals surface area contributed by atoms with Gasteiger partial charge in [-0.05, 0) is 17.7 Å². The summed E-state index contributed by atoms with van der Waals surface area (Å²) < 4.78 is 32.1. The molecule has 0 saturated heterocycles. The van der Waals surface area contributed by atoms with Gasteiger partial charge in [-0.2, -0.15) is 9.29 Å². The van der Waals surface area contributed by atoms with E-state index in [1.165, 1.54) is 40.2 Å². The Balaban J connectivity index is 1.99. The van der Waals surface area contributed by atoms with Gasteiger partial charge in [0.25, 0.3) is 0 Å². The van der Waals surface area contributed by atoms with Gasteiger partial charge >= 0.3 is 5.97 Å². The summed E-state index contributed by atoms with van der Waals surface area (Å²) in [6.07, 6.45) is 4.61. The van der Waals surface area contributed by atoms with Gasteiger partial charge in [-0.25, -0.2) is 13.2 Å². The van der Waals surface area contributed by atoms with E-state index in [9.17, 15) is 13.2 Å². The number of rotatable bonds is 9. The second kappa shape index (κ2) is 9.28. The maximum absolute atomic E-state index is 12.7. The van der Waals surface area contributed by atoms with Crippen LogP contribution in [-0.2, 0) is 14.8 Å². The number of aliphatic carboxylic acids is 1. The molecule has 0 saturated carbocycles. The van der Waals surface area contributed by atoms with Crippen molar-refractivity contribution in [3.05, 3.63) is 42.9 Å². The van der Waals surface area contributed by atoms with Crippen molar-refractivity contribution in [3.8, 4) is 27.0 Å². The minimum Gasteiger partial charge on any atom is -0.479 e. The number of sulfonamides is 1. The fourth-order valence-corrected chi connectivity index (χ4v) is 5.16. The monoisotopic (exact) mass is 448 g/mol. The lowest BCUT2D eigenvalue weighted by atomic mass is 10.2. The van der Waals surface area contributed by atoms with Crippen LogP contribution in [0.1, 0.15) is 13.8 Å². The highest BCUT2D eigenvalue weighted by atomic mass is 32.2. The van der Waals surface area contributed by atoms with Crippen molar-refractivity contribution in [2.45, 2.75) is 18.7 Å². The van der Waals surface area contributed by atoms with Crippen LogP contribution >= 0.6 is 11.3 Å². The van der Waals surface area contributed by atoms with E-state index in [0.717, 1.165) is 0 Å². The van der Waals surface area contributed by atoms with Crippen molar-refractivity contribution in [1.82, 2.24) is 19.3 Å². The quantitative estimate of drug-likeness (QED) is 0.530. The van der Waals surface area contributed by atoms with Crippen LogP contribution in [0.15, 0.2) is 47.8 Å². The predicted octanol–water partition coefficient (Wildman–Crippen LogP) is 2.76. The van der Waals surface area contributed by atoms with Gasteiger partial charge in [0.05, 0.1) is 16.0 Å². The van der Waals surface area contributed by atoms with Crippen LogP contribution in [0.3, 0.4) is 0 Å². The van der Waals surface area contributed by atoms with E-state index < -0.39 is 22.6 Å². The third kappa shape index (κ3) is 4.64. The number of aromatic nitrogens is 3. The molecular formula is C19H20N4O5S2. The van der Waals surface area contributed by atoms with Crippen LogP contribution < -0.4 is 4.74 Å². The fraction of sp³-hybridized carbons (Fsp3) is 0.263. The van der Waals surface area contributed by atoms with Crippen LogP contribution in [0.4, 0.5) is 0 Å². The van der Waals surface area contributed by atoms with E-state index in [-0.39, 0.29) is 10.8 Å². The van der Waals surface area contributed by atoms with Gasteiger partial charge in [0.1, 0.15) is 10.7 Å². The number of nitrogens with zero attached hydrogens (tertiary/aromatic N) is 4. The molecule has 0 amide bonds. The molecule has 9 nitrogen and oxygen atoms in total. The van der Waals surface area contributed by atoms with E-state index in [4.69, 9.17) is 9.84 Å². The van der Waals surface area contributed by atoms with E-state index >= 15 is 0 Å². The second-order valence-corrected chi connectivity index (χ2v) is 8.98. The Morgan fingerprint density at radius 2 is 1.87 bits per heavy atom. The summed E-state index contributed by atoms with van der Waals surface area (Å²) in [5, 5.41) is 9.45. The third-order valence-corrected chi connectivity index (χ3v) is 7.34. The number of benzene rings is 1. The highest BCUT2D eigenvalue weighted by molar-refractivity contribution is 7.89. The first-order valence-electron chi connectivity index (χ1n) is 9.09. The van der Waals surface area contributed by atoms with E-state index in [1.807, 2.05) is 0 Å². The normalized spacial score (nSPS) is 11.6. The van der Waals surface area contributed by atoms with Crippen LogP contribution in [0.2, 0.25) is 0 Å². The smallest absolute Gasteiger partial charge is 0.341 e. The molecule has 0 aliphatic carbocycles. The molecule has 1 N–H and O–H groups in total. The molecule has 30 heavy (non-hydrogen) atoms. The number of hydrogen-bond donors (Lipinski definition) is 1. The van der Waals surface area contributed by atoms with Crippen LogP contribution in [0, 0.1) is 0 Å².